The van der Waals surface area contributed by atoms with E-state index >= 15 is 0 Å². The molecule has 0 heterocycles. The second-order valence-corrected chi connectivity index (χ2v) is 4.57. The number of alkyl halides is 3. The van der Waals surface area contributed by atoms with Crippen LogP contribution in [0.15, 0.2) is 42.5 Å². The molecule has 2 aromatic rings. The first-order valence-corrected chi connectivity index (χ1v) is 6.10. The van der Waals surface area contributed by atoms with E-state index in [1.807, 2.05) is 0 Å². The SMILES string of the molecule is Fc1cc(Cl)ccc1NCc1ccccc1C(F)(F)F. The Hall–Kier alpha value is -1.75. The minimum absolute atomic E-state index is 0.0503. The van der Waals surface area contributed by atoms with Crippen molar-refractivity contribution in [1.29, 1.82) is 0 Å². The average Bonchev–Trinajstić information content (AvgIpc) is 2.37. The first-order valence-electron chi connectivity index (χ1n) is 5.72. The van der Waals surface area contributed by atoms with Gasteiger partial charge in [-0.05, 0) is 29.8 Å². The molecule has 2 aromatic carbocycles. The van der Waals surface area contributed by atoms with Gasteiger partial charge >= 0.3 is 6.18 Å². The van der Waals surface area contributed by atoms with Gasteiger partial charge in [-0.1, -0.05) is 29.8 Å². The summed E-state index contributed by atoms with van der Waals surface area (Å²) in [6, 6.07) is 9.11. The molecule has 0 spiro atoms. The lowest BCUT2D eigenvalue weighted by atomic mass is 10.1. The predicted molar refractivity (Wildman–Crippen MR) is 70.2 cm³/mol. The molecule has 6 heteroatoms. The van der Waals surface area contributed by atoms with Crippen molar-refractivity contribution in [1.82, 2.24) is 0 Å². The second kappa shape index (κ2) is 5.71. The van der Waals surface area contributed by atoms with Crippen LogP contribution < -0.4 is 5.32 Å². The first-order chi connectivity index (χ1) is 9.38. The van der Waals surface area contributed by atoms with Crippen molar-refractivity contribution in [2.75, 3.05) is 5.32 Å². The molecule has 1 N–H and O–H groups in total. The summed E-state index contributed by atoms with van der Waals surface area (Å²) in [6.45, 7) is -0.131. The quantitative estimate of drug-likeness (QED) is 0.777. The lowest BCUT2D eigenvalue weighted by Gasteiger charge is -2.14. The fourth-order valence-electron chi connectivity index (χ4n) is 1.77. The number of anilines is 1. The molecule has 0 atom stereocenters. The Morgan fingerprint density at radius 2 is 1.75 bits per heavy atom. The number of nitrogens with one attached hydrogen (secondary N) is 1. The smallest absolute Gasteiger partial charge is 0.379 e. The van der Waals surface area contributed by atoms with Crippen molar-refractivity contribution in [3.05, 3.63) is 64.4 Å². The second-order valence-electron chi connectivity index (χ2n) is 4.13. The third-order valence-electron chi connectivity index (χ3n) is 2.72. The predicted octanol–water partition coefficient (Wildman–Crippen LogP) is 5.11. The topological polar surface area (TPSA) is 12.0 Å². The van der Waals surface area contributed by atoms with E-state index in [0.29, 0.717) is 0 Å². The highest BCUT2D eigenvalue weighted by atomic mass is 35.5. The molecule has 106 valence electrons. The van der Waals surface area contributed by atoms with Crippen molar-refractivity contribution in [2.45, 2.75) is 12.7 Å². The molecule has 0 amide bonds. The van der Waals surface area contributed by atoms with Gasteiger partial charge in [-0.25, -0.2) is 4.39 Å². The Bertz CT molecular complexity index is 610. The van der Waals surface area contributed by atoms with Crippen molar-refractivity contribution in [2.24, 2.45) is 0 Å². The molecule has 0 aromatic heterocycles. The zero-order chi connectivity index (χ0) is 14.8. The minimum Gasteiger partial charge on any atom is -0.379 e. The zero-order valence-corrected chi connectivity index (χ0v) is 10.9. The summed E-state index contributed by atoms with van der Waals surface area (Å²) in [5.41, 5.74) is -0.581. The number of hydrogen-bond acceptors (Lipinski definition) is 1. The minimum atomic E-state index is -4.43. The van der Waals surface area contributed by atoms with Crippen LogP contribution in [0.3, 0.4) is 0 Å². The van der Waals surface area contributed by atoms with Gasteiger partial charge in [0.15, 0.2) is 0 Å². The van der Waals surface area contributed by atoms with Gasteiger partial charge in [0.1, 0.15) is 5.82 Å². The maximum atomic E-state index is 13.5. The Labute approximate surface area is 118 Å². The fourth-order valence-corrected chi connectivity index (χ4v) is 1.93. The van der Waals surface area contributed by atoms with E-state index in [-0.39, 0.29) is 22.8 Å². The summed E-state index contributed by atoms with van der Waals surface area (Å²) in [4.78, 5) is 0. The number of rotatable bonds is 3. The summed E-state index contributed by atoms with van der Waals surface area (Å²) in [5, 5.41) is 2.86. The molecule has 0 saturated carbocycles. The number of halogens is 5. The summed E-state index contributed by atoms with van der Waals surface area (Å²) in [7, 11) is 0. The highest BCUT2D eigenvalue weighted by Gasteiger charge is 2.32. The summed E-state index contributed by atoms with van der Waals surface area (Å²) in [6.07, 6.45) is -4.43. The first kappa shape index (κ1) is 14.7. The lowest BCUT2D eigenvalue weighted by Crippen LogP contribution is -2.12. The van der Waals surface area contributed by atoms with Crippen LogP contribution in [0, 0.1) is 5.82 Å². The molecule has 0 aliphatic carbocycles. The Morgan fingerprint density at radius 1 is 1.05 bits per heavy atom. The van der Waals surface area contributed by atoms with Crippen molar-refractivity contribution in [3.8, 4) is 0 Å². The van der Waals surface area contributed by atoms with E-state index in [1.54, 1.807) is 0 Å². The molecule has 2 rings (SSSR count). The zero-order valence-electron chi connectivity index (χ0n) is 10.1. The Kier molecular flexibility index (Phi) is 4.18. The van der Waals surface area contributed by atoms with Gasteiger partial charge in [0.2, 0.25) is 0 Å². The molecule has 0 unspecified atom stereocenters. The normalized spacial score (nSPS) is 11.4. The molecule has 1 nitrogen and oxygen atoms in total. The molecular weight excluding hydrogens is 294 g/mol. The standard InChI is InChI=1S/C14H10ClF4N/c15-10-5-6-13(12(16)7-10)20-8-9-3-1-2-4-11(9)14(17,18)19/h1-7,20H,8H2. The van der Waals surface area contributed by atoms with Crippen molar-refractivity contribution >= 4 is 17.3 Å². The van der Waals surface area contributed by atoms with Gasteiger partial charge in [0.25, 0.3) is 0 Å². The van der Waals surface area contributed by atoms with Crippen LogP contribution in [-0.2, 0) is 12.7 Å². The van der Waals surface area contributed by atoms with Gasteiger partial charge in [-0.2, -0.15) is 13.2 Å². The van der Waals surface area contributed by atoms with Crippen LogP contribution in [0.2, 0.25) is 5.02 Å². The van der Waals surface area contributed by atoms with Crippen molar-refractivity contribution in [3.63, 3.8) is 0 Å². The van der Waals surface area contributed by atoms with Crippen LogP contribution in [0.25, 0.3) is 0 Å². The molecule has 0 aliphatic heterocycles. The molecule has 0 aliphatic rings. The van der Waals surface area contributed by atoms with Gasteiger partial charge < -0.3 is 5.32 Å². The van der Waals surface area contributed by atoms with E-state index in [0.717, 1.165) is 12.1 Å². The molecular formula is C14H10ClF4N. The van der Waals surface area contributed by atoms with Crippen LogP contribution in [-0.4, -0.2) is 0 Å². The maximum Gasteiger partial charge on any atom is 0.416 e. The third-order valence-corrected chi connectivity index (χ3v) is 2.96. The number of hydrogen-bond donors (Lipinski definition) is 1. The average molecular weight is 304 g/mol. The molecule has 0 fully saturated rings. The molecule has 0 saturated heterocycles. The van der Waals surface area contributed by atoms with Crippen LogP contribution in [0.4, 0.5) is 23.2 Å². The molecule has 20 heavy (non-hydrogen) atoms. The largest absolute Gasteiger partial charge is 0.416 e. The Balaban J connectivity index is 2.19. The van der Waals surface area contributed by atoms with Gasteiger partial charge in [-0.3, -0.25) is 0 Å². The summed E-state index contributed by atoms with van der Waals surface area (Å²) in [5.74, 6) is -0.609. The third kappa shape index (κ3) is 3.42. The molecule has 0 bridgehead atoms. The van der Waals surface area contributed by atoms with Gasteiger partial charge in [0, 0.05) is 11.6 Å². The highest BCUT2D eigenvalue weighted by Crippen LogP contribution is 2.32. The Morgan fingerprint density at radius 3 is 2.40 bits per heavy atom. The molecule has 0 radical (unpaired) electrons. The van der Waals surface area contributed by atoms with E-state index in [1.165, 1.54) is 30.3 Å². The lowest BCUT2D eigenvalue weighted by molar-refractivity contribution is -0.138. The summed E-state index contributed by atoms with van der Waals surface area (Å²) >= 11 is 5.60. The van der Waals surface area contributed by atoms with Crippen molar-refractivity contribution < 1.29 is 17.6 Å². The van der Waals surface area contributed by atoms with Gasteiger partial charge in [0.05, 0.1) is 11.3 Å². The van der Waals surface area contributed by atoms with E-state index < -0.39 is 17.6 Å². The maximum absolute atomic E-state index is 13.5. The van der Waals surface area contributed by atoms with E-state index in [4.69, 9.17) is 11.6 Å². The van der Waals surface area contributed by atoms with Crippen LogP contribution >= 0.6 is 11.6 Å². The van der Waals surface area contributed by atoms with E-state index in [9.17, 15) is 17.6 Å². The fraction of sp³-hybridized carbons (Fsp3) is 0.143. The number of benzene rings is 2. The van der Waals surface area contributed by atoms with Gasteiger partial charge in [-0.15, -0.1) is 0 Å². The monoisotopic (exact) mass is 303 g/mol. The summed E-state index contributed by atoms with van der Waals surface area (Å²) < 4.78 is 51.9. The van der Waals surface area contributed by atoms with Crippen LogP contribution in [0.1, 0.15) is 11.1 Å². The van der Waals surface area contributed by atoms with Crippen LogP contribution in [0.5, 0.6) is 0 Å². The van der Waals surface area contributed by atoms with E-state index in [2.05, 4.69) is 5.32 Å². The highest BCUT2D eigenvalue weighted by molar-refractivity contribution is 6.30.